The van der Waals surface area contributed by atoms with Crippen molar-refractivity contribution >= 4 is 28.8 Å². The number of amides is 1. The topological polar surface area (TPSA) is 88.5 Å². The molecule has 41 heavy (non-hydrogen) atoms. The lowest BCUT2D eigenvalue weighted by molar-refractivity contribution is 0.102. The molecule has 0 spiro atoms. The van der Waals surface area contributed by atoms with Crippen molar-refractivity contribution in [3.05, 3.63) is 100.0 Å². The van der Waals surface area contributed by atoms with Gasteiger partial charge < -0.3 is 24.8 Å². The Balaban J connectivity index is 1.37. The number of hydrogen-bond acceptors (Lipinski definition) is 6. The molecule has 1 aliphatic heterocycles. The third kappa shape index (κ3) is 6.33. The smallest absolute Gasteiger partial charge is 0.293 e. The SMILES string of the molecule is Cc1c(NC(=O)c2ccc(C(C)(C)C)cc2)cccc1-c1cn(C)c(=O)c(Nc2ccc(N3CCOCC3)cc2)n1. The quantitative estimate of drug-likeness (QED) is 0.311. The van der Waals surface area contributed by atoms with E-state index in [1.165, 1.54) is 10.1 Å². The lowest BCUT2D eigenvalue weighted by atomic mass is 9.86. The molecule has 5 rings (SSSR count). The number of hydrogen-bond donors (Lipinski definition) is 2. The van der Waals surface area contributed by atoms with Crippen molar-refractivity contribution in [2.75, 3.05) is 41.8 Å². The molecule has 1 amide bonds. The predicted molar refractivity (Wildman–Crippen MR) is 166 cm³/mol. The van der Waals surface area contributed by atoms with Crippen molar-refractivity contribution in [2.45, 2.75) is 33.1 Å². The molecule has 1 fully saturated rings. The molecule has 3 aromatic carbocycles. The van der Waals surface area contributed by atoms with E-state index in [1.54, 1.807) is 13.2 Å². The van der Waals surface area contributed by atoms with Crippen LogP contribution < -0.4 is 21.1 Å². The molecule has 0 atom stereocenters. The molecule has 0 saturated carbocycles. The van der Waals surface area contributed by atoms with Crippen LogP contribution in [0.25, 0.3) is 11.3 Å². The average molecular weight is 552 g/mol. The Morgan fingerprint density at radius 1 is 0.951 bits per heavy atom. The zero-order valence-electron chi connectivity index (χ0n) is 24.3. The van der Waals surface area contributed by atoms with Crippen molar-refractivity contribution in [1.29, 1.82) is 0 Å². The number of nitrogens with zero attached hydrogens (tertiary/aromatic N) is 3. The molecular formula is C33H37N5O3. The molecule has 0 bridgehead atoms. The molecule has 0 radical (unpaired) electrons. The van der Waals surface area contributed by atoms with Gasteiger partial charge in [-0.25, -0.2) is 4.98 Å². The number of aryl methyl sites for hydroxylation is 1. The summed E-state index contributed by atoms with van der Waals surface area (Å²) >= 11 is 0. The van der Waals surface area contributed by atoms with Gasteiger partial charge >= 0.3 is 0 Å². The lowest BCUT2D eigenvalue weighted by Gasteiger charge is -2.28. The summed E-state index contributed by atoms with van der Waals surface area (Å²) in [5.41, 5.74) is 6.45. The third-order valence-electron chi connectivity index (χ3n) is 7.45. The van der Waals surface area contributed by atoms with Crippen LogP contribution in [-0.4, -0.2) is 41.8 Å². The minimum Gasteiger partial charge on any atom is -0.378 e. The van der Waals surface area contributed by atoms with E-state index >= 15 is 0 Å². The van der Waals surface area contributed by atoms with Gasteiger partial charge in [-0.2, -0.15) is 0 Å². The first-order valence-electron chi connectivity index (χ1n) is 13.9. The van der Waals surface area contributed by atoms with Gasteiger partial charge in [0.15, 0.2) is 5.82 Å². The molecule has 1 saturated heterocycles. The number of nitrogens with one attached hydrogen (secondary N) is 2. The summed E-state index contributed by atoms with van der Waals surface area (Å²) in [6.07, 6.45) is 1.72. The Bertz CT molecular complexity index is 1600. The first-order chi connectivity index (χ1) is 19.6. The van der Waals surface area contributed by atoms with E-state index in [0.29, 0.717) is 16.9 Å². The van der Waals surface area contributed by atoms with E-state index in [-0.39, 0.29) is 22.7 Å². The van der Waals surface area contributed by atoms with Crippen LogP contribution in [0.3, 0.4) is 0 Å². The molecule has 1 aromatic heterocycles. The monoisotopic (exact) mass is 551 g/mol. The Labute approximate surface area is 241 Å². The van der Waals surface area contributed by atoms with Gasteiger partial charge in [-0.15, -0.1) is 0 Å². The second kappa shape index (κ2) is 11.6. The fourth-order valence-corrected chi connectivity index (χ4v) is 4.90. The molecule has 8 heteroatoms. The largest absolute Gasteiger partial charge is 0.378 e. The lowest BCUT2D eigenvalue weighted by Crippen LogP contribution is -2.36. The predicted octanol–water partition coefficient (Wildman–Crippen LogP) is 5.89. The highest BCUT2D eigenvalue weighted by molar-refractivity contribution is 6.05. The molecule has 212 valence electrons. The van der Waals surface area contributed by atoms with E-state index in [4.69, 9.17) is 9.72 Å². The maximum atomic E-state index is 13.1. The minimum atomic E-state index is -0.230. The number of aromatic nitrogens is 2. The van der Waals surface area contributed by atoms with Crippen LogP contribution in [0.15, 0.2) is 77.7 Å². The maximum absolute atomic E-state index is 13.1. The molecule has 2 N–H and O–H groups in total. The van der Waals surface area contributed by atoms with Gasteiger partial charge in [0.05, 0.1) is 18.9 Å². The Morgan fingerprint density at radius 2 is 1.63 bits per heavy atom. The number of anilines is 4. The number of benzene rings is 3. The van der Waals surface area contributed by atoms with Crippen LogP contribution >= 0.6 is 0 Å². The van der Waals surface area contributed by atoms with Crippen molar-refractivity contribution in [3.8, 4) is 11.3 Å². The van der Waals surface area contributed by atoms with E-state index in [9.17, 15) is 9.59 Å². The standard InChI is InChI=1S/C33H37N5O3/c1-22-27(7-6-8-28(22)36-31(39)23-9-11-24(12-10-23)33(2,3)4)29-21-37(5)32(40)30(35-29)34-25-13-15-26(16-14-25)38-17-19-41-20-18-38/h6-16,21H,17-20H2,1-5H3,(H,34,35)(H,36,39). The highest BCUT2D eigenvalue weighted by Gasteiger charge is 2.17. The Kier molecular flexibility index (Phi) is 7.94. The highest BCUT2D eigenvalue weighted by atomic mass is 16.5. The first-order valence-corrected chi connectivity index (χ1v) is 13.9. The van der Waals surface area contributed by atoms with Crippen LogP contribution in [0.4, 0.5) is 22.9 Å². The second-order valence-electron chi connectivity index (χ2n) is 11.4. The summed E-state index contributed by atoms with van der Waals surface area (Å²) in [6.45, 7) is 11.5. The van der Waals surface area contributed by atoms with Gasteiger partial charge in [0.2, 0.25) is 0 Å². The number of ether oxygens (including phenoxy) is 1. The van der Waals surface area contributed by atoms with Crippen molar-refractivity contribution in [2.24, 2.45) is 7.05 Å². The summed E-state index contributed by atoms with van der Waals surface area (Å²) < 4.78 is 6.97. The summed E-state index contributed by atoms with van der Waals surface area (Å²) in [5.74, 6) is 0.0545. The van der Waals surface area contributed by atoms with Crippen LogP contribution in [0, 0.1) is 6.92 Å². The van der Waals surface area contributed by atoms with E-state index < -0.39 is 0 Å². The fraction of sp³-hybridized carbons (Fsp3) is 0.303. The molecule has 2 heterocycles. The van der Waals surface area contributed by atoms with Crippen LogP contribution in [-0.2, 0) is 17.2 Å². The first kappa shape index (κ1) is 28.1. The summed E-state index contributed by atoms with van der Waals surface area (Å²) in [5, 5.41) is 6.24. The number of morpholine rings is 1. The van der Waals surface area contributed by atoms with Crippen LogP contribution in [0.1, 0.15) is 42.3 Å². The van der Waals surface area contributed by atoms with E-state index in [2.05, 4.69) is 36.3 Å². The van der Waals surface area contributed by atoms with Crippen molar-refractivity contribution in [1.82, 2.24) is 9.55 Å². The molecular weight excluding hydrogens is 514 g/mol. The second-order valence-corrected chi connectivity index (χ2v) is 11.4. The van der Waals surface area contributed by atoms with E-state index in [1.807, 2.05) is 73.7 Å². The van der Waals surface area contributed by atoms with Crippen LogP contribution in [0.2, 0.25) is 0 Å². The molecule has 0 aliphatic carbocycles. The molecule has 0 unspecified atom stereocenters. The van der Waals surface area contributed by atoms with Crippen molar-refractivity contribution < 1.29 is 9.53 Å². The highest BCUT2D eigenvalue weighted by Crippen LogP contribution is 2.29. The molecule has 4 aromatic rings. The zero-order valence-corrected chi connectivity index (χ0v) is 24.3. The normalized spacial score (nSPS) is 13.6. The molecule has 1 aliphatic rings. The number of carbonyl (C=O) groups excluding carboxylic acids is 1. The summed E-state index contributed by atoms with van der Waals surface area (Å²) in [6, 6.07) is 21.4. The average Bonchev–Trinajstić information content (AvgIpc) is 2.97. The zero-order chi connectivity index (χ0) is 29.1. The van der Waals surface area contributed by atoms with Gasteiger partial charge in [-0.3, -0.25) is 9.59 Å². The van der Waals surface area contributed by atoms with Gasteiger partial charge in [-0.05, 0) is 65.9 Å². The van der Waals surface area contributed by atoms with Gasteiger partial charge in [0.25, 0.3) is 11.5 Å². The van der Waals surface area contributed by atoms with Crippen molar-refractivity contribution in [3.63, 3.8) is 0 Å². The Hall–Kier alpha value is -4.43. The fourth-order valence-electron chi connectivity index (χ4n) is 4.90. The van der Waals surface area contributed by atoms with Gasteiger partial charge in [0, 0.05) is 54.5 Å². The summed E-state index contributed by atoms with van der Waals surface area (Å²) in [7, 11) is 1.71. The van der Waals surface area contributed by atoms with Gasteiger partial charge in [-0.1, -0.05) is 45.0 Å². The molecule has 8 nitrogen and oxygen atoms in total. The van der Waals surface area contributed by atoms with Crippen LogP contribution in [0.5, 0.6) is 0 Å². The van der Waals surface area contributed by atoms with Gasteiger partial charge in [0.1, 0.15) is 0 Å². The van der Waals surface area contributed by atoms with E-state index in [0.717, 1.165) is 48.8 Å². The number of rotatable bonds is 6. The number of carbonyl (C=O) groups is 1. The Morgan fingerprint density at radius 3 is 2.29 bits per heavy atom. The summed E-state index contributed by atoms with van der Waals surface area (Å²) in [4.78, 5) is 33.0. The maximum Gasteiger partial charge on any atom is 0.293 e. The third-order valence-corrected chi connectivity index (χ3v) is 7.45. The minimum absolute atomic E-state index is 0.0166.